The largest absolute Gasteiger partial charge is 0.489 e. The number of carboxylic acids is 1. The summed E-state index contributed by atoms with van der Waals surface area (Å²) in [5, 5.41) is 11.3. The number of aromatic nitrogens is 1. The third-order valence-corrected chi connectivity index (χ3v) is 8.38. The molecule has 6 nitrogen and oxygen atoms in total. The molecule has 0 bridgehead atoms. The Hall–Kier alpha value is -4.06. The predicted molar refractivity (Wildman–Crippen MR) is 150 cm³/mol. The molecule has 0 spiro atoms. The predicted octanol–water partition coefficient (Wildman–Crippen LogP) is 6.87. The van der Waals surface area contributed by atoms with Crippen molar-refractivity contribution >= 4 is 22.8 Å². The summed E-state index contributed by atoms with van der Waals surface area (Å²) < 4.78 is 13.3. The summed E-state index contributed by atoms with van der Waals surface area (Å²) >= 11 is 0. The van der Waals surface area contributed by atoms with Crippen molar-refractivity contribution in [2.75, 3.05) is 7.11 Å². The Morgan fingerprint density at radius 1 is 1.03 bits per heavy atom. The molecular weight excluding hydrogens is 490 g/mol. The maximum atomic E-state index is 12.4. The zero-order chi connectivity index (χ0) is 26.9. The number of esters is 1. The Bertz CT molecular complexity index is 1500. The topological polar surface area (TPSA) is 77.8 Å². The van der Waals surface area contributed by atoms with E-state index in [1.807, 2.05) is 60.7 Å². The van der Waals surface area contributed by atoms with Gasteiger partial charge in [0, 0.05) is 28.4 Å². The maximum Gasteiger partial charge on any atom is 0.337 e. The third kappa shape index (κ3) is 4.80. The second-order valence-electron chi connectivity index (χ2n) is 10.7. The van der Waals surface area contributed by atoms with Crippen molar-refractivity contribution in [1.29, 1.82) is 0 Å². The van der Waals surface area contributed by atoms with Gasteiger partial charge in [-0.2, -0.15) is 0 Å². The minimum atomic E-state index is -0.929. The van der Waals surface area contributed by atoms with Crippen molar-refractivity contribution < 1.29 is 24.2 Å². The number of rotatable bonds is 6. The van der Waals surface area contributed by atoms with E-state index in [2.05, 4.69) is 16.7 Å². The van der Waals surface area contributed by atoms with Gasteiger partial charge in [0.25, 0.3) is 0 Å². The van der Waals surface area contributed by atoms with Gasteiger partial charge in [-0.3, -0.25) is 0 Å². The molecule has 200 valence electrons. The van der Waals surface area contributed by atoms with Gasteiger partial charge >= 0.3 is 11.9 Å². The summed E-state index contributed by atoms with van der Waals surface area (Å²) in [6.07, 6.45) is 14.0. The van der Waals surface area contributed by atoms with E-state index < -0.39 is 11.9 Å². The van der Waals surface area contributed by atoms with Crippen LogP contribution >= 0.6 is 0 Å². The summed E-state index contributed by atoms with van der Waals surface area (Å²) in [5.41, 5.74) is 5.25. The molecular formula is C33H33NO5. The molecule has 2 atom stereocenters. The van der Waals surface area contributed by atoms with Crippen molar-refractivity contribution in [3.8, 4) is 0 Å². The highest BCUT2D eigenvalue weighted by molar-refractivity contribution is 5.97. The molecule has 1 N–H and O–H groups in total. The molecule has 1 saturated carbocycles. The van der Waals surface area contributed by atoms with Crippen molar-refractivity contribution in [2.24, 2.45) is 5.92 Å². The summed E-state index contributed by atoms with van der Waals surface area (Å²) in [4.78, 5) is 24.9. The molecule has 2 unspecified atom stereocenters. The second-order valence-corrected chi connectivity index (χ2v) is 10.7. The van der Waals surface area contributed by atoms with Crippen LogP contribution in [0.15, 0.2) is 84.2 Å². The van der Waals surface area contributed by atoms with E-state index in [1.54, 1.807) is 0 Å². The van der Waals surface area contributed by atoms with Crippen molar-refractivity contribution in [3.63, 3.8) is 0 Å². The van der Waals surface area contributed by atoms with Crippen LogP contribution in [-0.4, -0.2) is 28.7 Å². The molecule has 0 amide bonds. The van der Waals surface area contributed by atoms with Gasteiger partial charge in [0.05, 0.1) is 24.8 Å². The Balaban J connectivity index is 1.47. The number of hydrogen-bond donors (Lipinski definition) is 1. The van der Waals surface area contributed by atoms with Crippen molar-refractivity contribution in [2.45, 2.75) is 57.1 Å². The summed E-state index contributed by atoms with van der Waals surface area (Å²) in [6, 6.07) is 15.8. The standard InChI is InChI=1S/C33H33NO5/c1-38-33(37)23-12-14-28-29(18-23)34-19-25(32(35)36)16-24-17-26(39-20-21-8-4-2-5-9-21)13-15-27(24)31(34)30(28)22-10-6-3-7-11-22/h2,4-5,8-9,12-18,22,24,27H,3,6-7,10-11,19-20H2,1H3,(H,35,36). The molecule has 6 rings (SSSR count). The molecule has 2 aromatic carbocycles. The normalized spacial score (nSPS) is 20.8. The Morgan fingerprint density at radius 2 is 1.82 bits per heavy atom. The van der Waals surface area contributed by atoms with E-state index in [1.165, 1.54) is 31.9 Å². The lowest BCUT2D eigenvalue weighted by atomic mass is 9.77. The number of methoxy groups -OCH3 is 1. The van der Waals surface area contributed by atoms with Gasteiger partial charge in [-0.1, -0.05) is 67.8 Å². The minimum Gasteiger partial charge on any atom is -0.489 e. The second kappa shape index (κ2) is 10.6. The van der Waals surface area contributed by atoms with Crippen molar-refractivity contribution in [1.82, 2.24) is 4.57 Å². The average molecular weight is 524 g/mol. The molecule has 6 heteroatoms. The van der Waals surface area contributed by atoms with Crippen LogP contribution in [0.25, 0.3) is 10.9 Å². The number of carbonyl (C=O) groups excluding carboxylic acids is 1. The molecule has 3 aromatic rings. The van der Waals surface area contributed by atoms with Gasteiger partial charge in [-0.15, -0.1) is 0 Å². The fraction of sp³-hybridized carbons (Fsp3) is 0.333. The molecule has 1 fully saturated rings. The quantitative estimate of drug-likeness (QED) is 0.357. The molecule has 2 heterocycles. The number of carboxylic acid groups (broad SMARTS) is 1. The summed E-state index contributed by atoms with van der Waals surface area (Å²) in [5.74, 6) is -0.356. The number of allylic oxidation sites excluding steroid dienone is 4. The number of hydrogen-bond acceptors (Lipinski definition) is 4. The Morgan fingerprint density at radius 3 is 2.56 bits per heavy atom. The molecule has 39 heavy (non-hydrogen) atoms. The van der Waals surface area contributed by atoms with E-state index in [4.69, 9.17) is 9.47 Å². The number of carbonyl (C=O) groups is 2. The van der Waals surface area contributed by atoms with Crippen molar-refractivity contribution in [3.05, 3.63) is 107 Å². The van der Waals surface area contributed by atoms with E-state index in [0.717, 1.165) is 40.8 Å². The highest BCUT2D eigenvalue weighted by Crippen LogP contribution is 2.47. The first kappa shape index (κ1) is 25.2. The van der Waals surface area contributed by atoms with Crippen LogP contribution in [0.5, 0.6) is 0 Å². The van der Waals surface area contributed by atoms with E-state index in [0.29, 0.717) is 23.7 Å². The summed E-state index contributed by atoms with van der Waals surface area (Å²) in [7, 11) is 1.38. The van der Waals surface area contributed by atoms with E-state index in [-0.39, 0.29) is 18.4 Å². The lowest BCUT2D eigenvalue weighted by molar-refractivity contribution is -0.132. The van der Waals surface area contributed by atoms with E-state index >= 15 is 0 Å². The molecule has 0 saturated heterocycles. The number of aliphatic carboxylic acids is 1. The fourth-order valence-electron chi connectivity index (χ4n) is 6.52. The minimum absolute atomic E-state index is 0.0307. The monoisotopic (exact) mass is 523 g/mol. The number of fused-ring (bicyclic) bond motifs is 5. The SMILES string of the molecule is COC(=O)c1ccc2c(C3CCCCC3)c3n(c2c1)CC(C(=O)O)=CC1C=C(OCc2ccccc2)C=CC31. The van der Waals surface area contributed by atoms with Gasteiger partial charge < -0.3 is 19.1 Å². The maximum absolute atomic E-state index is 12.4. The van der Waals surface area contributed by atoms with Crippen LogP contribution in [0, 0.1) is 5.92 Å². The lowest BCUT2D eigenvalue weighted by Crippen LogP contribution is -2.17. The Kier molecular flexibility index (Phi) is 6.86. The smallest absolute Gasteiger partial charge is 0.337 e. The summed E-state index contributed by atoms with van der Waals surface area (Å²) in [6.45, 7) is 0.696. The van der Waals surface area contributed by atoms with E-state index in [9.17, 15) is 14.7 Å². The molecule has 3 aliphatic rings. The van der Waals surface area contributed by atoms with Crippen LogP contribution in [0.4, 0.5) is 0 Å². The first-order valence-corrected chi connectivity index (χ1v) is 13.8. The molecule has 1 aliphatic heterocycles. The fourth-order valence-corrected chi connectivity index (χ4v) is 6.52. The third-order valence-electron chi connectivity index (χ3n) is 8.38. The zero-order valence-corrected chi connectivity index (χ0v) is 22.1. The molecule has 0 radical (unpaired) electrons. The van der Waals surface area contributed by atoms with Gasteiger partial charge in [-0.05, 0) is 54.2 Å². The van der Waals surface area contributed by atoms with Crippen LogP contribution in [-0.2, 0) is 27.4 Å². The lowest BCUT2D eigenvalue weighted by Gasteiger charge is -2.28. The van der Waals surface area contributed by atoms with Gasteiger partial charge in [-0.25, -0.2) is 9.59 Å². The zero-order valence-electron chi connectivity index (χ0n) is 22.1. The van der Waals surface area contributed by atoms with Crippen LogP contribution in [0.2, 0.25) is 0 Å². The molecule has 1 aromatic heterocycles. The first-order valence-electron chi connectivity index (χ1n) is 13.8. The molecule has 2 aliphatic carbocycles. The number of nitrogens with zero attached hydrogens (tertiary/aromatic N) is 1. The highest BCUT2D eigenvalue weighted by atomic mass is 16.5. The number of ether oxygens (including phenoxy) is 2. The average Bonchev–Trinajstić information content (AvgIpc) is 3.18. The first-order chi connectivity index (χ1) is 19.0. The van der Waals surface area contributed by atoms with Gasteiger partial charge in [0.1, 0.15) is 12.4 Å². The van der Waals surface area contributed by atoms with Gasteiger partial charge in [0.2, 0.25) is 0 Å². The highest BCUT2D eigenvalue weighted by Gasteiger charge is 2.36. The Labute approximate surface area is 228 Å². The number of benzene rings is 2. The van der Waals surface area contributed by atoms with Crippen LogP contribution < -0.4 is 0 Å². The van der Waals surface area contributed by atoms with Gasteiger partial charge in [0.15, 0.2) is 0 Å². The van der Waals surface area contributed by atoms with Crippen LogP contribution in [0.3, 0.4) is 0 Å². The van der Waals surface area contributed by atoms with Crippen LogP contribution in [0.1, 0.15) is 71.1 Å².